The van der Waals surface area contributed by atoms with Crippen LogP contribution in [0.15, 0.2) is 53.4 Å². The third kappa shape index (κ3) is 3.73. The van der Waals surface area contributed by atoms with Gasteiger partial charge in [0.25, 0.3) is 0 Å². The zero-order chi connectivity index (χ0) is 17.9. The lowest BCUT2D eigenvalue weighted by Gasteiger charge is -2.06. The fourth-order valence-electron chi connectivity index (χ4n) is 2.46. The smallest absolute Gasteiger partial charge is 0.234 e. The molecule has 0 spiro atoms. The average Bonchev–Trinajstić information content (AvgIpc) is 3.22. The first-order valence-electron chi connectivity index (χ1n) is 8.27. The highest BCUT2D eigenvalue weighted by atomic mass is 32.2. The Morgan fingerprint density at radius 2 is 1.88 bits per heavy atom. The number of nitrogens with zero attached hydrogens (tertiary/aromatic N) is 4. The van der Waals surface area contributed by atoms with Crippen LogP contribution >= 0.6 is 23.1 Å². The minimum absolute atomic E-state index is 0.432. The van der Waals surface area contributed by atoms with E-state index >= 15 is 0 Å². The second-order valence-electron chi connectivity index (χ2n) is 5.94. The minimum Gasteiger partial charge on any atom is -0.486 e. The predicted molar refractivity (Wildman–Crippen MR) is 105 cm³/mol. The molecule has 0 aliphatic heterocycles. The average molecular weight is 383 g/mol. The summed E-state index contributed by atoms with van der Waals surface area (Å²) >= 11 is 3.24. The zero-order valence-electron chi connectivity index (χ0n) is 14.5. The predicted octanol–water partition coefficient (Wildman–Crippen LogP) is 4.67. The molecule has 0 aliphatic carbocycles. The van der Waals surface area contributed by atoms with Crippen LogP contribution in [0.3, 0.4) is 0 Å². The molecule has 26 heavy (non-hydrogen) atoms. The lowest BCUT2D eigenvalue weighted by Crippen LogP contribution is -1.99. The summed E-state index contributed by atoms with van der Waals surface area (Å²) in [6.45, 7) is 4.61. The van der Waals surface area contributed by atoms with E-state index < -0.39 is 0 Å². The van der Waals surface area contributed by atoms with Crippen molar-refractivity contribution >= 4 is 28.1 Å². The molecular formula is C19H18N4OS2. The third-order valence-corrected chi connectivity index (χ3v) is 5.93. The summed E-state index contributed by atoms with van der Waals surface area (Å²) in [5.74, 6) is 2.44. The summed E-state index contributed by atoms with van der Waals surface area (Å²) in [5, 5.41) is 14.0. The number of benzene rings is 2. The summed E-state index contributed by atoms with van der Waals surface area (Å²) in [5.41, 5.74) is 2.48. The van der Waals surface area contributed by atoms with E-state index in [1.54, 1.807) is 11.8 Å². The molecule has 5 nitrogen and oxygen atoms in total. The Morgan fingerprint density at radius 3 is 2.69 bits per heavy atom. The molecule has 0 N–H and O–H groups in total. The van der Waals surface area contributed by atoms with Crippen LogP contribution in [0.4, 0.5) is 0 Å². The molecule has 0 amide bonds. The Morgan fingerprint density at radius 1 is 1.04 bits per heavy atom. The van der Waals surface area contributed by atoms with Crippen molar-refractivity contribution in [3.63, 3.8) is 0 Å². The molecule has 0 radical (unpaired) electrons. The maximum absolute atomic E-state index is 5.88. The molecule has 4 rings (SSSR count). The second kappa shape index (κ2) is 7.47. The first-order chi connectivity index (χ1) is 12.7. The molecule has 2 heterocycles. The summed E-state index contributed by atoms with van der Waals surface area (Å²) < 4.78 is 7.70. The summed E-state index contributed by atoms with van der Waals surface area (Å²) in [6.07, 6.45) is 0. The van der Waals surface area contributed by atoms with Gasteiger partial charge in [0, 0.05) is 4.90 Å². The van der Waals surface area contributed by atoms with Crippen molar-refractivity contribution in [1.29, 1.82) is 0 Å². The highest BCUT2D eigenvalue weighted by molar-refractivity contribution is 7.98. The van der Waals surface area contributed by atoms with Crippen molar-refractivity contribution in [2.24, 2.45) is 0 Å². The van der Waals surface area contributed by atoms with Gasteiger partial charge in [0.1, 0.15) is 12.4 Å². The van der Waals surface area contributed by atoms with Crippen LogP contribution in [0.25, 0.3) is 4.96 Å². The van der Waals surface area contributed by atoms with Crippen molar-refractivity contribution < 1.29 is 4.74 Å². The number of fused-ring (bicyclic) bond motifs is 1. The number of rotatable bonds is 6. The first kappa shape index (κ1) is 17.1. The Hall–Kier alpha value is -2.38. The first-order valence-corrected chi connectivity index (χ1v) is 10.1. The van der Waals surface area contributed by atoms with E-state index in [2.05, 4.69) is 53.4 Å². The molecule has 0 fully saturated rings. The van der Waals surface area contributed by atoms with Crippen molar-refractivity contribution in [2.45, 2.75) is 31.1 Å². The van der Waals surface area contributed by atoms with Crippen LogP contribution in [0.1, 0.15) is 22.0 Å². The lowest BCUT2D eigenvalue weighted by molar-refractivity contribution is 0.303. The van der Waals surface area contributed by atoms with Crippen molar-refractivity contribution in [2.75, 3.05) is 0 Å². The Bertz CT molecular complexity index is 1030. The normalized spacial score (nSPS) is 11.2. The van der Waals surface area contributed by atoms with Crippen LogP contribution in [0.5, 0.6) is 5.75 Å². The number of aryl methyl sites for hydroxylation is 2. The molecule has 4 aromatic rings. The minimum atomic E-state index is 0.432. The Kier molecular flexibility index (Phi) is 4.90. The van der Waals surface area contributed by atoms with Gasteiger partial charge in [0.2, 0.25) is 4.96 Å². The van der Waals surface area contributed by atoms with Crippen molar-refractivity contribution in [3.8, 4) is 5.75 Å². The molecule has 0 aliphatic rings. The standard InChI is InChI=1S/C19H18N4OS2/c1-13-8-9-15(10-14(13)2)24-11-18-22-23-17(20-21-19(23)26-18)12-25-16-6-4-3-5-7-16/h3-10H,11-12H2,1-2H3. The van der Waals surface area contributed by atoms with E-state index in [1.165, 1.54) is 27.4 Å². The van der Waals surface area contributed by atoms with Gasteiger partial charge in [-0.1, -0.05) is 35.6 Å². The van der Waals surface area contributed by atoms with E-state index in [4.69, 9.17) is 4.74 Å². The van der Waals surface area contributed by atoms with Crippen LogP contribution in [-0.2, 0) is 12.4 Å². The molecule has 7 heteroatoms. The van der Waals surface area contributed by atoms with Gasteiger partial charge in [-0.3, -0.25) is 0 Å². The summed E-state index contributed by atoms with van der Waals surface area (Å²) in [7, 11) is 0. The van der Waals surface area contributed by atoms with Crippen LogP contribution in [0.2, 0.25) is 0 Å². The van der Waals surface area contributed by atoms with E-state index in [0.29, 0.717) is 6.61 Å². The quantitative estimate of drug-likeness (QED) is 0.454. The molecule has 0 saturated carbocycles. The molecule has 2 aromatic carbocycles. The molecule has 0 atom stereocenters. The highest BCUT2D eigenvalue weighted by Gasteiger charge is 2.12. The van der Waals surface area contributed by atoms with Crippen LogP contribution in [-0.4, -0.2) is 19.8 Å². The van der Waals surface area contributed by atoms with Crippen LogP contribution in [0, 0.1) is 13.8 Å². The molecule has 0 unspecified atom stereocenters. The Balaban J connectivity index is 1.44. The van der Waals surface area contributed by atoms with Gasteiger partial charge >= 0.3 is 0 Å². The molecule has 132 valence electrons. The van der Waals surface area contributed by atoms with Gasteiger partial charge in [-0.2, -0.15) is 9.61 Å². The van der Waals surface area contributed by atoms with Gasteiger partial charge < -0.3 is 4.74 Å². The summed E-state index contributed by atoms with van der Waals surface area (Å²) in [4.78, 5) is 2.00. The maximum atomic E-state index is 5.88. The van der Waals surface area contributed by atoms with Gasteiger partial charge in [-0.05, 0) is 49.2 Å². The van der Waals surface area contributed by atoms with Crippen LogP contribution < -0.4 is 4.74 Å². The van der Waals surface area contributed by atoms with Gasteiger partial charge in [-0.25, -0.2) is 0 Å². The number of hydrogen-bond acceptors (Lipinski definition) is 6. The third-order valence-electron chi connectivity index (χ3n) is 4.05. The highest BCUT2D eigenvalue weighted by Crippen LogP contribution is 2.24. The monoisotopic (exact) mass is 382 g/mol. The van der Waals surface area contributed by atoms with E-state index in [9.17, 15) is 0 Å². The number of thioether (sulfide) groups is 1. The number of hydrogen-bond donors (Lipinski definition) is 0. The fraction of sp³-hybridized carbons (Fsp3) is 0.211. The van der Waals surface area contributed by atoms with E-state index in [-0.39, 0.29) is 0 Å². The number of aromatic nitrogens is 4. The summed E-state index contributed by atoms with van der Waals surface area (Å²) in [6, 6.07) is 16.4. The maximum Gasteiger partial charge on any atom is 0.234 e. The van der Waals surface area contributed by atoms with E-state index in [0.717, 1.165) is 27.3 Å². The SMILES string of the molecule is Cc1ccc(OCc2nn3c(CSc4ccccc4)nnc3s2)cc1C. The largest absolute Gasteiger partial charge is 0.486 e. The molecule has 0 bridgehead atoms. The molecule has 2 aromatic heterocycles. The zero-order valence-corrected chi connectivity index (χ0v) is 16.2. The van der Waals surface area contributed by atoms with E-state index in [1.807, 2.05) is 28.8 Å². The van der Waals surface area contributed by atoms with Crippen molar-refractivity contribution in [3.05, 3.63) is 70.5 Å². The topological polar surface area (TPSA) is 52.3 Å². The molecular weight excluding hydrogens is 364 g/mol. The fourth-order valence-corrected chi connectivity index (χ4v) is 4.05. The van der Waals surface area contributed by atoms with Gasteiger partial charge in [0.15, 0.2) is 10.8 Å². The molecule has 0 saturated heterocycles. The Labute approximate surface area is 160 Å². The van der Waals surface area contributed by atoms with Gasteiger partial charge in [-0.15, -0.1) is 22.0 Å². The van der Waals surface area contributed by atoms with Gasteiger partial charge in [0.05, 0.1) is 5.75 Å². The lowest BCUT2D eigenvalue weighted by atomic mass is 10.1. The van der Waals surface area contributed by atoms with Crippen molar-refractivity contribution in [1.82, 2.24) is 19.8 Å². The number of ether oxygens (including phenoxy) is 1. The second-order valence-corrected chi connectivity index (χ2v) is 8.03.